The first-order chi connectivity index (χ1) is 5.65. The van der Waals surface area contributed by atoms with Gasteiger partial charge in [-0.1, -0.05) is 0 Å². The number of hydrogen-bond donors (Lipinski definition) is 1. The van der Waals surface area contributed by atoms with E-state index in [0.717, 1.165) is 0 Å². The van der Waals surface area contributed by atoms with E-state index in [0.29, 0.717) is 0 Å². The Labute approximate surface area is 68.7 Å². The molecule has 1 rings (SSSR count). The molecule has 1 heterocycles. The minimum atomic E-state index is -1.10. The van der Waals surface area contributed by atoms with Crippen molar-refractivity contribution in [2.45, 2.75) is 13.0 Å². The van der Waals surface area contributed by atoms with Crippen molar-refractivity contribution in [1.29, 1.82) is 0 Å². The van der Waals surface area contributed by atoms with Gasteiger partial charge < -0.3 is 9.67 Å². The van der Waals surface area contributed by atoms with E-state index in [2.05, 4.69) is 4.98 Å². The lowest BCUT2D eigenvalue weighted by molar-refractivity contribution is 0.0691. The molecule has 0 saturated carbocycles. The lowest BCUT2D eigenvalue weighted by Crippen LogP contribution is -2.04. The summed E-state index contributed by atoms with van der Waals surface area (Å²) in [5.74, 6) is -1.10. The number of imidazole rings is 1. The van der Waals surface area contributed by atoms with Crippen LogP contribution in [0.2, 0.25) is 0 Å². The number of hydrogen-bond acceptors (Lipinski definition) is 2. The number of rotatable bonds is 3. The van der Waals surface area contributed by atoms with E-state index in [4.69, 9.17) is 5.11 Å². The number of aromatic nitrogens is 2. The van der Waals surface area contributed by atoms with Crippen LogP contribution in [0.5, 0.6) is 0 Å². The van der Waals surface area contributed by atoms with E-state index in [1.54, 1.807) is 6.92 Å². The van der Waals surface area contributed by atoms with Crippen LogP contribution in [-0.4, -0.2) is 27.3 Å². The first-order valence-corrected chi connectivity index (χ1v) is 3.48. The highest BCUT2D eigenvalue weighted by Gasteiger charge is 2.09. The molecule has 66 valence electrons. The van der Waals surface area contributed by atoms with E-state index in [1.807, 2.05) is 0 Å². The standard InChI is InChI=1S/C7H9FN2O2/c1-5(2-8)10-3-6(7(11)12)9-4-10/h3-5H,2H2,1H3,(H,11,12)/t5-/m0/s1. The average molecular weight is 172 g/mol. The van der Waals surface area contributed by atoms with Crippen molar-refractivity contribution in [2.24, 2.45) is 0 Å². The molecule has 1 aromatic heterocycles. The average Bonchev–Trinajstić information content (AvgIpc) is 2.51. The molecule has 0 bridgehead atoms. The second kappa shape index (κ2) is 3.34. The van der Waals surface area contributed by atoms with Gasteiger partial charge in [-0.05, 0) is 6.92 Å². The summed E-state index contributed by atoms with van der Waals surface area (Å²) in [7, 11) is 0. The van der Waals surface area contributed by atoms with Crippen molar-refractivity contribution < 1.29 is 14.3 Å². The third kappa shape index (κ3) is 1.61. The van der Waals surface area contributed by atoms with Crippen LogP contribution in [0.3, 0.4) is 0 Å². The zero-order chi connectivity index (χ0) is 9.14. The summed E-state index contributed by atoms with van der Waals surface area (Å²) >= 11 is 0. The van der Waals surface area contributed by atoms with Crippen LogP contribution in [0.15, 0.2) is 12.5 Å². The van der Waals surface area contributed by atoms with Crippen molar-refractivity contribution >= 4 is 5.97 Å². The van der Waals surface area contributed by atoms with Crippen LogP contribution < -0.4 is 0 Å². The number of carboxylic acid groups (broad SMARTS) is 1. The topological polar surface area (TPSA) is 55.1 Å². The van der Waals surface area contributed by atoms with Crippen molar-refractivity contribution in [3.05, 3.63) is 18.2 Å². The van der Waals surface area contributed by atoms with Crippen LogP contribution in [0, 0.1) is 0 Å². The highest BCUT2D eigenvalue weighted by atomic mass is 19.1. The summed E-state index contributed by atoms with van der Waals surface area (Å²) in [6.45, 7) is 1.11. The largest absolute Gasteiger partial charge is 0.476 e. The second-order valence-electron chi connectivity index (χ2n) is 2.51. The maximum Gasteiger partial charge on any atom is 0.356 e. The number of alkyl halides is 1. The van der Waals surface area contributed by atoms with E-state index in [-0.39, 0.29) is 11.7 Å². The van der Waals surface area contributed by atoms with Crippen LogP contribution in [0.25, 0.3) is 0 Å². The van der Waals surface area contributed by atoms with Gasteiger partial charge in [-0.3, -0.25) is 0 Å². The Morgan fingerprint density at radius 3 is 3.00 bits per heavy atom. The van der Waals surface area contributed by atoms with Gasteiger partial charge in [0, 0.05) is 6.20 Å². The van der Waals surface area contributed by atoms with E-state index in [1.165, 1.54) is 17.1 Å². The van der Waals surface area contributed by atoms with E-state index >= 15 is 0 Å². The number of carboxylic acids is 1. The number of nitrogens with zero attached hydrogens (tertiary/aromatic N) is 2. The van der Waals surface area contributed by atoms with Crippen molar-refractivity contribution in [3.8, 4) is 0 Å². The van der Waals surface area contributed by atoms with Crippen molar-refractivity contribution in [3.63, 3.8) is 0 Å². The molecule has 0 fully saturated rings. The number of halogens is 1. The van der Waals surface area contributed by atoms with Gasteiger partial charge in [0.2, 0.25) is 0 Å². The molecule has 0 aliphatic carbocycles. The lowest BCUT2D eigenvalue weighted by Gasteiger charge is -2.05. The molecular weight excluding hydrogens is 163 g/mol. The predicted molar refractivity (Wildman–Crippen MR) is 39.9 cm³/mol. The molecule has 0 unspecified atom stereocenters. The van der Waals surface area contributed by atoms with Crippen LogP contribution >= 0.6 is 0 Å². The normalized spacial score (nSPS) is 12.8. The molecule has 0 aliphatic heterocycles. The quantitative estimate of drug-likeness (QED) is 0.743. The fourth-order valence-electron chi connectivity index (χ4n) is 0.768. The van der Waals surface area contributed by atoms with Crippen molar-refractivity contribution in [1.82, 2.24) is 9.55 Å². The maximum atomic E-state index is 12.1. The smallest absolute Gasteiger partial charge is 0.356 e. The van der Waals surface area contributed by atoms with Gasteiger partial charge in [-0.25, -0.2) is 14.2 Å². The predicted octanol–water partition coefficient (Wildman–Crippen LogP) is 1.11. The second-order valence-corrected chi connectivity index (χ2v) is 2.51. The van der Waals surface area contributed by atoms with Gasteiger partial charge in [-0.15, -0.1) is 0 Å². The van der Waals surface area contributed by atoms with Crippen LogP contribution in [-0.2, 0) is 0 Å². The molecule has 4 nitrogen and oxygen atoms in total. The fraction of sp³-hybridized carbons (Fsp3) is 0.429. The molecule has 5 heteroatoms. The monoisotopic (exact) mass is 172 g/mol. The summed E-state index contributed by atoms with van der Waals surface area (Å²) in [5.41, 5.74) is -0.0599. The molecule has 1 atom stereocenters. The highest BCUT2D eigenvalue weighted by Crippen LogP contribution is 2.06. The summed E-state index contributed by atoms with van der Waals surface area (Å²) < 4.78 is 13.5. The summed E-state index contributed by atoms with van der Waals surface area (Å²) in [6, 6.07) is -0.356. The van der Waals surface area contributed by atoms with Crippen LogP contribution in [0.1, 0.15) is 23.5 Å². The zero-order valence-electron chi connectivity index (χ0n) is 6.57. The third-order valence-electron chi connectivity index (χ3n) is 1.55. The molecule has 0 aliphatic rings. The molecule has 12 heavy (non-hydrogen) atoms. The minimum Gasteiger partial charge on any atom is -0.476 e. The van der Waals surface area contributed by atoms with Crippen LogP contribution in [0.4, 0.5) is 4.39 Å². The van der Waals surface area contributed by atoms with Gasteiger partial charge in [-0.2, -0.15) is 0 Å². The molecule has 0 spiro atoms. The summed E-state index contributed by atoms with van der Waals surface area (Å²) in [4.78, 5) is 13.9. The molecule has 1 N–H and O–H groups in total. The Kier molecular flexibility index (Phi) is 2.42. The maximum absolute atomic E-state index is 12.1. The first-order valence-electron chi connectivity index (χ1n) is 3.48. The SMILES string of the molecule is C[C@@H](CF)n1cnc(C(=O)O)c1. The van der Waals surface area contributed by atoms with Gasteiger partial charge in [0.05, 0.1) is 12.4 Å². The van der Waals surface area contributed by atoms with Gasteiger partial charge in [0.15, 0.2) is 5.69 Å². The van der Waals surface area contributed by atoms with E-state index < -0.39 is 12.6 Å². The van der Waals surface area contributed by atoms with Gasteiger partial charge >= 0.3 is 5.97 Å². The van der Waals surface area contributed by atoms with Crippen molar-refractivity contribution in [2.75, 3.05) is 6.67 Å². The highest BCUT2D eigenvalue weighted by molar-refractivity contribution is 5.84. The minimum absolute atomic E-state index is 0.0599. The Morgan fingerprint density at radius 1 is 1.92 bits per heavy atom. The zero-order valence-corrected chi connectivity index (χ0v) is 6.57. The van der Waals surface area contributed by atoms with Gasteiger partial charge in [0.1, 0.15) is 6.67 Å². The molecular formula is C7H9FN2O2. The fourth-order valence-corrected chi connectivity index (χ4v) is 0.768. The Balaban J connectivity index is 2.84. The molecule has 1 aromatic rings. The lowest BCUT2D eigenvalue weighted by atomic mass is 10.4. The Morgan fingerprint density at radius 2 is 2.58 bits per heavy atom. The van der Waals surface area contributed by atoms with Gasteiger partial charge in [0.25, 0.3) is 0 Å². The number of aromatic carboxylic acids is 1. The third-order valence-corrected chi connectivity index (χ3v) is 1.55. The first kappa shape index (κ1) is 8.70. The number of carbonyl (C=O) groups is 1. The Hall–Kier alpha value is -1.39. The Bertz CT molecular complexity index is 285. The molecule has 0 amide bonds. The molecule has 0 aromatic carbocycles. The molecule has 0 radical (unpaired) electrons. The van der Waals surface area contributed by atoms with E-state index in [9.17, 15) is 9.18 Å². The summed E-state index contributed by atoms with van der Waals surface area (Å²) in [6.07, 6.45) is 2.63. The molecule has 0 saturated heterocycles. The summed E-state index contributed by atoms with van der Waals surface area (Å²) in [5, 5.41) is 8.48.